The van der Waals surface area contributed by atoms with Crippen LogP contribution in [0.5, 0.6) is 0 Å². The van der Waals surface area contributed by atoms with Gasteiger partial charge >= 0.3 is 0 Å². The number of ether oxygens (including phenoxy) is 7. The average molecular weight is 326 g/mol. The fourth-order valence-corrected chi connectivity index (χ4v) is 2.04. The van der Waals surface area contributed by atoms with Gasteiger partial charge in [0.25, 0.3) is 0 Å². The van der Waals surface area contributed by atoms with Crippen LogP contribution in [0.3, 0.4) is 0 Å². The van der Waals surface area contributed by atoms with Crippen LogP contribution in [0.1, 0.15) is 0 Å². The Kier molecular flexibility index (Phi) is 12.9. The number of rotatable bonds is 16. The molecule has 0 spiro atoms. The van der Waals surface area contributed by atoms with Gasteiger partial charge in [-0.15, -0.1) is 0 Å². The molecule has 12 radical (unpaired) electrons. The predicted octanol–water partition coefficient (Wildman–Crippen LogP) is 1.09. The molecule has 0 aromatic heterocycles. The second-order valence-electron chi connectivity index (χ2n) is 5.36. The highest BCUT2D eigenvalue weighted by Crippen LogP contribution is 2.24. The van der Waals surface area contributed by atoms with Crippen LogP contribution in [0, 0.1) is 53.5 Å². The molecule has 0 heterocycles. The molecule has 128 valence electrons. The first-order valence-electron chi connectivity index (χ1n) is 6.55. The van der Waals surface area contributed by atoms with Crippen LogP contribution in [0.15, 0.2) is 0 Å². The maximum Gasteiger partial charge on any atom is 0.115 e. The fraction of sp³-hybridized carbons (Fsp3) is 0.625. The summed E-state index contributed by atoms with van der Waals surface area (Å²) in [6.07, 6.45) is 0. The van der Waals surface area contributed by atoms with Crippen LogP contribution >= 0.6 is 0 Å². The van der Waals surface area contributed by atoms with Crippen LogP contribution in [-0.4, -0.2) is 52.9 Å². The summed E-state index contributed by atoms with van der Waals surface area (Å²) in [6.45, 7) is 0.349. The molecule has 0 aliphatic heterocycles. The molecule has 0 aliphatic rings. The molecule has 0 bridgehead atoms. The largest absolute Gasteiger partial charge is 0.380 e. The van der Waals surface area contributed by atoms with E-state index in [1.54, 1.807) is 0 Å². The Hall–Kier alpha value is -0.280. The van der Waals surface area contributed by atoms with Crippen LogP contribution in [0.4, 0.5) is 0 Å². The average Bonchev–Trinajstić information content (AvgIpc) is 2.49. The maximum atomic E-state index is 5.67. The smallest absolute Gasteiger partial charge is 0.115 e. The lowest BCUT2D eigenvalue weighted by Gasteiger charge is -2.35. The minimum absolute atomic E-state index is 0.0303. The molecular weight excluding hydrogens is 304 g/mol. The van der Waals surface area contributed by atoms with E-state index in [0.717, 1.165) is 0 Å². The molecule has 0 aromatic carbocycles. The Morgan fingerprint density at radius 1 is 0.391 bits per heavy atom. The third-order valence-electron chi connectivity index (χ3n) is 3.15. The molecule has 0 rings (SSSR count). The third kappa shape index (κ3) is 8.39. The zero-order valence-corrected chi connectivity index (χ0v) is 13.0. The Morgan fingerprint density at radius 2 is 0.609 bits per heavy atom. The van der Waals surface area contributed by atoms with Gasteiger partial charge < -0.3 is 33.2 Å². The first-order valence-corrected chi connectivity index (χ1v) is 6.55. The van der Waals surface area contributed by atoms with E-state index in [2.05, 4.69) is 28.4 Å². The van der Waals surface area contributed by atoms with Gasteiger partial charge in [-0.1, -0.05) is 0 Å². The quantitative estimate of drug-likeness (QED) is 0.421. The highest BCUT2D eigenvalue weighted by molar-refractivity contribution is 4.83. The minimum Gasteiger partial charge on any atom is -0.380 e. The highest BCUT2D eigenvalue weighted by atomic mass is 16.5. The Balaban J connectivity index is 4.82. The molecule has 23 heavy (non-hydrogen) atoms. The van der Waals surface area contributed by atoms with Crippen molar-refractivity contribution >= 4 is 0 Å². The Bertz CT molecular complexity index is 213. The molecule has 0 saturated carbocycles. The van der Waals surface area contributed by atoms with Crippen LogP contribution in [0.2, 0.25) is 0 Å². The van der Waals surface area contributed by atoms with E-state index < -0.39 is 10.8 Å². The Labute approximate surface area is 140 Å². The van der Waals surface area contributed by atoms with Crippen molar-refractivity contribution in [3.05, 3.63) is 42.7 Å². The van der Waals surface area contributed by atoms with Gasteiger partial charge in [-0.2, -0.15) is 0 Å². The van der Waals surface area contributed by atoms with Crippen molar-refractivity contribution < 1.29 is 33.2 Å². The standard InChI is InChI=1S/C16H22O7/c1-17-7-15(8-18-2,9-19-3)13-23-14-16(10-20-4,11-21-5)12-22-6/h1-6H,7-14H2. The number of hydrogen-bond donors (Lipinski definition) is 0. The minimum atomic E-state index is -0.819. The number of hydrogen-bond acceptors (Lipinski definition) is 7. The van der Waals surface area contributed by atoms with E-state index in [0.29, 0.717) is 0 Å². The van der Waals surface area contributed by atoms with Gasteiger partial charge in [-0.05, 0) is 0 Å². The summed E-state index contributed by atoms with van der Waals surface area (Å²) in [5.74, 6) is 0. The van der Waals surface area contributed by atoms with Crippen molar-refractivity contribution in [1.29, 1.82) is 0 Å². The lowest BCUT2D eigenvalue weighted by atomic mass is 9.90. The SMILES string of the molecule is [CH]OCC(CO[CH])(CO[CH])COCC(CO[CH])(CO[CH])CO[CH]. The summed E-state index contributed by atoms with van der Waals surface area (Å²) < 4.78 is 33.6. The molecule has 0 saturated heterocycles. The molecule has 0 atom stereocenters. The summed E-state index contributed by atoms with van der Waals surface area (Å²) in [5.41, 5.74) is -1.64. The van der Waals surface area contributed by atoms with E-state index in [-0.39, 0.29) is 52.9 Å². The molecule has 0 fully saturated rings. The zero-order valence-electron chi connectivity index (χ0n) is 13.0. The van der Waals surface area contributed by atoms with E-state index in [1.807, 2.05) is 0 Å². The molecule has 0 aromatic rings. The maximum absolute atomic E-state index is 5.67. The zero-order chi connectivity index (χ0) is 17.6. The first kappa shape index (κ1) is 22.7. The van der Waals surface area contributed by atoms with Crippen molar-refractivity contribution in [2.24, 2.45) is 10.8 Å². The van der Waals surface area contributed by atoms with E-state index in [1.165, 1.54) is 0 Å². The second kappa shape index (κ2) is 13.1. The van der Waals surface area contributed by atoms with Gasteiger partial charge in [-0.3, -0.25) is 0 Å². The molecule has 0 amide bonds. The summed E-state index contributed by atoms with van der Waals surface area (Å²) in [5, 5.41) is 0. The van der Waals surface area contributed by atoms with Gasteiger partial charge in [0.15, 0.2) is 0 Å². The van der Waals surface area contributed by atoms with Crippen molar-refractivity contribution in [2.75, 3.05) is 52.9 Å². The molecular formula is C16H22O7. The summed E-state index contributed by atoms with van der Waals surface area (Å²) in [4.78, 5) is 0. The molecule has 0 N–H and O–H groups in total. The fourth-order valence-electron chi connectivity index (χ4n) is 2.04. The summed E-state index contributed by atoms with van der Waals surface area (Å²) in [6, 6.07) is 0. The van der Waals surface area contributed by atoms with Gasteiger partial charge in [0.2, 0.25) is 0 Å². The van der Waals surface area contributed by atoms with Crippen LogP contribution in [0.25, 0.3) is 0 Å². The van der Waals surface area contributed by atoms with E-state index >= 15 is 0 Å². The molecule has 7 nitrogen and oxygen atoms in total. The van der Waals surface area contributed by atoms with Crippen LogP contribution < -0.4 is 0 Å². The van der Waals surface area contributed by atoms with Crippen molar-refractivity contribution in [1.82, 2.24) is 0 Å². The van der Waals surface area contributed by atoms with Gasteiger partial charge in [0, 0.05) is 0 Å². The van der Waals surface area contributed by atoms with Gasteiger partial charge in [0.05, 0.1) is 63.7 Å². The predicted molar refractivity (Wildman–Crippen MR) is 77.2 cm³/mol. The van der Waals surface area contributed by atoms with Crippen molar-refractivity contribution in [2.45, 2.75) is 0 Å². The first-order chi connectivity index (χ1) is 11.1. The lowest BCUT2D eigenvalue weighted by molar-refractivity contribution is -0.112. The topological polar surface area (TPSA) is 64.6 Å². The van der Waals surface area contributed by atoms with E-state index in [9.17, 15) is 0 Å². The summed E-state index contributed by atoms with van der Waals surface area (Å²) >= 11 is 0. The third-order valence-corrected chi connectivity index (χ3v) is 3.15. The molecule has 7 heteroatoms. The highest BCUT2D eigenvalue weighted by Gasteiger charge is 2.35. The van der Waals surface area contributed by atoms with Crippen LogP contribution in [-0.2, 0) is 33.2 Å². The second-order valence-corrected chi connectivity index (χ2v) is 5.36. The van der Waals surface area contributed by atoms with Crippen molar-refractivity contribution in [3.8, 4) is 0 Å². The monoisotopic (exact) mass is 326 g/mol. The molecule has 0 unspecified atom stereocenters. The lowest BCUT2D eigenvalue weighted by Crippen LogP contribution is -2.44. The van der Waals surface area contributed by atoms with E-state index in [4.69, 9.17) is 47.4 Å². The normalized spacial score (nSPS) is 12.8. The van der Waals surface area contributed by atoms with Gasteiger partial charge in [-0.25, -0.2) is 0 Å². The Morgan fingerprint density at radius 3 is 0.783 bits per heavy atom. The van der Waals surface area contributed by atoms with Crippen molar-refractivity contribution in [3.63, 3.8) is 0 Å². The summed E-state index contributed by atoms with van der Waals surface area (Å²) in [7, 11) is 30.7. The van der Waals surface area contributed by atoms with Gasteiger partial charge in [0.1, 0.15) is 42.7 Å². The molecule has 0 aliphatic carbocycles.